The summed E-state index contributed by atoms with van der Waals surface area (Å²) in [6, 6.07) is 7.10. The Bertz CT molecular complexity index is 424. The molecule has 0 aliphatic carbocycles. The number of aryl methyl sites for hydroxylation is 2. The largest absolute Gasteiger partial charge is 0.374 e. The van der Waals surface area contributed by atoms with Crippen LogP contribution in [-0.2, 0) is 11.2 Å². The van der Waals surface area contributed by atoms with Gasteiger partial charge in [0, 0.05) is 12.6 Å². The van der Waals surface area contributed by atoms with Crippen molar-refractivity contribution in [1.29, 1.82) is 0 Å². The monoisotopic (exact) mass is 291 g/mol. The van der Waals surface area contributed by atoms with Crippen LogP contribution in [0.5, 0.6) is 0 Å². The standard InChI is InChI=1S/C19H33NO/c1-7-19(8-2,21-10-4)18(20-9-3)14-17-13-15(5)11-12-16(17)6/h11-13,18,20H,7-10,14H2,1-6H3. The van der Waals surface area contributed by atoms with Crippen LogP contribution in [0, 0.1) is 13.8 Å². The highest BCUT2D eigenvalue weighted by Crippen LogP contribution is 2.28. The summed E-state index contributed by atoms with van der Waals surface area (Å²) in [5.74, 6) is 0. The van der Waals surface area contributed by atoms with E-state index in [0.29, 0.717) is 6.04 Å². The van der Waals surface area contributed by atoms with E-state index in [2.05, 4.69) is 65.1 Å². The Morgan fingerprint density at radius 1 is 1.10 bits per heavy atom. The Hall–Kier alpha value is -0.860. The van der Waals surface area contributed by atoms with Gasteiger partial charge in [0.2, 0.25) is 0 Å². The average Bonchev–Trinajstić information content (AvgIpc) is 2.48. The Kier molecular flexibility index (Phi) is 7.41. The van der Waals surface area contributed by atoms with Gasteiger partial charge in [-0.1, -0.05) is 44.5 Å². The topological polar surface area (TPSA) is 21.3 Å². The third-order valence-corrected chi connectivity index (χ3v) is 4.64. The lowest BCUT2D eigenvalue weighted by Crippen LogP contribution is -2.53. The lowest BCUT2D eigenvalue weighted by atomic mass is 9.83. The highest BCUT2D eigenvalue weighted by Gasteiger charge is 2.36. The molecule has 1 atom stereocenters. The molecule has 0 bridgehead atoms. The van der Waals surface area contributed by atoms with Crippen molar-refractivity contribution >= 4 is 0 Å². The Labute approximate surface area is 131 Å². The molecule has 120 valence electrons. The van der Waals surface area contributed by atoms with E-state index in [1.54, 1.807) is 0 Å². The fourth-order valence-corrected chi connectivity index (χ4v) is 3.27. The SMILES string of the molecule is CCNC(Cc1cc(C)ccc1C)C(CC)(CC)OCC. The van der Waals surface area contributed by atoms with E-state index in [1.165, 1.54) is 16.7 Å². The molecule has 2 heteroatoms. The first-order valence-electron chi connectivity index (χ1n) is 8.46. The molecule has 0 spiro atoms. The summed E-state index contributed by atoms with van der Waals surface area (Å²) < 4.78 is 6.22. The van der Waals surface area contributed by atoms with Gasteiger partial charge in [-0.2, -0.15) is 0 Å². The molecule has 1 aromatic rings. The van der Waals surface area contributed by atoms with E-state index in [1.807, 2.05) is 0 Å². The van der Waals surface area contributed by atoms with E-state index in [-0.39, 0.29) is 5.60 Å². The quantitative estimate of drug-likeness (QED) is 0.727. The fourth-order valence-electron chi connectivity index (χ4n) is 3.27. The van der Waals surface area contributed by atoms with Crippen LogP contribution in [-0.4, -0.2) is 24.8 Å². The molecule has 0 fully saturated rings. The van der Waals surface area contributed by atoms with Crippen molar-refractivity contribution in [2.75, 3.05) is 13.2 Å². The van der Waals surface area contributed by atoms with E-state index >= 15 is 0 Å². The lowest BCUT2D eigenvalue weighted by Gasteiger charge is -2.40. The summed E-state index contributed by atoms with van der Waals surface area (Å²) in [6.45, 7) is 14.9. The molecule has 1 aromatic carbocycles. The predicted molar refractivity (Wildman–Crippen MR) is 92.0 cm³/mol. The van der Waals surface area contributed by atoms with Gasteiger partial charge in [-0.15, -0.1) is 0 Å². The van der Waals surface area contributed by atoms with Crippen molar-refractivity contribution in [3.8, 4) is 0 Å². The summed E-state index contributed by atoms with van der Waals surface area (Å²) in [6.07, 6.45) is 3.11. The van der Waals surface area contributed by atoms with Crippen LogP contribution in [0.15, 0.2) is 18.2 Å². The summed E-state index contributed by atoms with van der Waals surface area (Å²) in [4.78, 5) is 0. The highest BCUT2D eigenvalue weighted by molar-refractivity contribution is 5.31. The Balaban J connectivity index is 3.07. The molecule has 0 radical (unpaired) electrons. The van der Waals surface area contributed by atoms with Crippen molar-refractivity contribution in [2.45, 2.75) is 72.4 Å². The van der Waals surface area contributed by atoms with Crippen molar-refractivity contribution in [3.05, 3.63) is 34.9 Å². The summed E-state index contributed by atoms with van der Waals surface area (Å²) in [5, 5.41) is 3.68. The molecule has 0 saturated carbocycles. The van der Waals surface area contributed by atoms with Gasteiger partial charge in [0.05, 0.1) is 5.60 Å². The van der Waals surface area contributed by atoms with Gasteiger partial charge in [0.1, 0.15) is 0 Å². The summed E-state index contributed by atoms with van der Waals surface area (Å²) >= 11 is 0. The second-order valence-corrected chi connectivity index (χ2v) is 5.95. The van der Waals surface area contributed by atoms with Gasteiger partial charge in [0.15, 0.2) is 0 Å². The summed E-state index contributed by atoms with van der Waals surface area (Å²) in [7, 11) is 0. The lowest BCUT2D eigenvalue weighted by molar-refractivity contribution is -0.0716. The first-order chi connectivity index (χ1) is 10.0. The third-order valence-electron chi connectivity index (χ3n) is 4.64. The molecule has 1 rings (SSSR count). The van der Waals surface area contributed by atoms with Crippen LogP contribution in [0.2, 0.25) is 0 Å². The highest BCUT2D eigenvalue weighted by atomic mass is 16.5. The van der Waals surface area contributed by atoms with Crippen LogP contribution in [0.3, 0.4) is 0 Å². The van der Waals surface area contributed by atoms with E-state index in [9.17, 15) is 0 Å². The number of hydrogen-bond acceptors (Lipinski definition) is 2. The molecule has 1 unspecified atom stereocenters. The molecule has 0 amide bonds. The number of nitrogens with one attached hydrogen (secondary N) is 1. The summed E-state index contributed by atoms with van der Waals surface area (Å²) in [5.41, 5.74) is 4.08. The molecule has 0 aliphatic heterocycles. The van der Waals surface area contributed by atoms with Crippen molar-refractivity contribution in [1.82, 2.24) is 5.32 Å². The second-order valence-electron chi connectivity index (χ2n) is 5.95. The first kappa shape index (κ1) is 18.2. The average molecular weight is 291 g/mol. The second kappa shape index (κ2) is 8.55. The van der Waals surface area contributed by atoms with E-state index in [0.717, 1.165) is 32.4 Å². The molecule has 0 saturated heterocycles. The Morgan fingerprint density at radius 2 is 1.76 bits per heavy atom. The molecular weight excluding hydrogens is 258 g/mol. The normalized spacial score (nSPS) is 13.4. The zero-order valence-electron chi connectivity index (χ0n) is 14.8. The number of rotatable bonds is 9. The third kappa shape index (κ3) is 4.55. The number of ether oxygens (including phenoxy) is 1. The maximum absolute atomic E-state index is 6.22. The van der Waals surface area contributed by atoms with Gasteiger partial charge >= 0.3 is 0 Å². The van der Waals surface area contributed by atoms with Crippen LogP contribution in [0.1, 0.15) is 57.2 Å². The minimum atomic E-state index is -0.0685. The number of benzene rings is 1. The Morgan fingerprint density at radius 3 is 2.29 bits per heavy atom. The molecule has 0 aromatic heterocycles. The van der Waals surface area contributed by atoms with Gasteiger partial charge < -0.3 is 10.1 Å². The maximum atomic E-state index is 6.22. The number of likely N-dealkylation sites (N-methyl/N-ethyl adjacent to an activating group) is 1. The molecule has 1 N–H and O–H groups in total. The first-order valence-corrected chi connectivity index (χ1v) is 8.46. The van der Waals surface area contributed by atoms with Crippen LogP contribution in [0.25, 0.3) is 0 Å². The smallest absolute Gasteiger partial charge is 0.0832 e. The van der Waals surface area contributed by atoms with Gasteiger partial charge in [0.25, 0.3) is 0 Å². The zero-order chi connectivity index (χ0) is 15.9. The van der Waals surface area contributed by atoms with Crippen molar-refractivity contribution in [2.24, 2.45) is 0 Å². The molecule has 0 heterocycles. The van der Waals surface area contributed by atoms with Crippen LogP contribution >= 0.6 is 0 Å². The maximum Gasteiger partial charge on any atom is 0.0832 e. The molecular formula is C19H33NO. The van der Waals surface area contributed by atoms with Crippen LogP contribution < -0.4 is 5.32 Å². The van der Waals surface area contributed by atoms with Crippen molar-refractivity contribution in [3.63, 3.8) is 0 Å². The molecule has 21 heavy (non-hydrogen) atoms. The predicted octanol–water partition coefficient (Wildman–Crippen LogP) is 4.42. The minimum Gasteiger partial charge on any atom is -0.374 e. The minimum absolute atomic E-state index is 0.0685. The fraction of sp³-hybridized carbons (Fsp3) is 0.684. The van der Waals surface area contributed by atoms with E-state index < -0.39 is 0 Å². The van der Waals surface area contributed by atoms with Gasteiger partial charge in [-0.25, -0.2) is 0 Å². The zero-order valence-corrected chi connectivity index (χ0v) is 14.8. The van der Waals surface area contributed by atoms with Gasteiger partial charge in [-0.3, -0.25) is 0 Å². The molecule has 0 aliphatic rings. The van der Waals surface area contributed by atoms with E-state index in [4.69, 9.17) is 4.74 Å². The number of hydrogen-bond donors (Lipinski definition) is 1. The van der Waals surface area contributed by atoms with Crippen LogP contribution in [0.4, 0.5) is 0 Å². The van der Waals surface area contributed by atoms with Gasteiger partial charge in [-0.05, 0) is 57.7 Å². The molecule has 2 nitrogen and oxygen atoms in total. The van der Waals surface area contributed by atoms with Crippen molar-refractivity contribution < 1.29 is 4.74 Å².